The number of likely N-dealkylation sites (tertiary alicyclic amines) is 1. The Bertz CT molecular complexity index is 884. The molecule has 0 aliphatic carbocycles. The molecule has 6 heteroatoms. The van der Waals surface area contributed by atoms with Crippen LogP contribution in [-0.4, -0.2) is 49.1 Å². The van der Waals surface area contributed by atoms with Crippen molar-refractivity contribution in [3.05, 3.63) is 60.2 Å². The summed E-state index contributed by atoms with van der Waals surface area (Å²) in [6.07, 6.45) is -0.346. The summed E-state index contributed by atoms with van der Waals surface area (Å²) in [4.78, 5) is 27.2. The van der Waals surface area contributed by atoms with Crippen molar-refractivity contribution >= 4 is 12.0 Å². The first-order chi connectivity index (χ1) is 14.7. The molecule has 2 aromatic rings. The summed E-state index contributed by atoms with van der Waals surface area (Å²) in [6, 6.07) is 18.0. The average Bonchev–Trinajstić information content (AvgIpc) is 3.05. The molecule has 0 spiro atoms. The van der Waals surface area contributed by atoms with Crippen LogP contribution < -0.4 is 0 Å². The summed E-state index contributed by atoms with van der Waals surface area (Å²) in [5, 5.41) is 0. The van der Waals surface area contributed by atoms with E-state index in [9.17, 15) is 9.59 Å². The van der Waals surface area contributed by atoms with Gasteiger partial charge in [-0.05, 0) is 50.3 Å². The van der Waals surface area contributed by atoms with E-state index in [0.29, 0.717) is 12.8 Å². The molecule has 1 unspecified atom stereocenters. The predicted molar refractivity (Wildman–Crippen MR) is 118 cm³/mol. The molecule has 1 aliphatic heterocycles. The van der Waals surface area contributed by atoms with E-state index in [4.69, 9.17) is 14.2 Å². The van der Waals surface area contributed by atoms with Crippen LogP contribution in [0.25, 0.3) is 11.1 Å². The second kappa shape index (κ2) is 9.62. The Morgan fingerprint density at radius 1 is 1.00 bits per heavy atom. The zero-order valence-corrected chi connectivity index (χ0v) is 18.8. The van der Waals surface area contributed by atoms with Crippen molar-refractivity contribution in [1.29, 1.82) is 0 Å². The Hall–Kier alpha value is -2.70. The van der Waals surface area contributed by atoms with Crippen LogP contribution in [0, 0.1) is 5.92 Å². The summed E-state index contributed by atoms with van der Waals surface area (Å²) in [7, 11) is 2.99. The molecule has 6 nitrogen and oxygen atoms in total. The molecule has 1 saturated heterocycles. The number of hydrogen-bond donors (Lipinski definition) is 0. The van der Waals surface area contributed by atoms with Crippen LogP contribution >= 0.6 is 0 Å². The summed E-state index contributed by atoms with van der Waals surface area (Å²) < 4.78 is 16.2. The molecule has 2 aromatic carbocycles. The molecule has 1 heterocycles. The third kappa shape index (κ3) is 5.51. The molecule has 31 heavy (non-hydrogen) atoms. The summed E-state index contributed by atoms with van der Waals surface area (Å²) in [5.74, 6) is -0.884. The third-order valence-electron chi connectivity index (χ3n) is 5.36. The molecule has 2 amide bonds. The Morgan fingerprint density at radius 2 is 1.58 bits per heavy atom. The van der Waals surface area contributed by atoms with E-state index in [0.717, 1.165) is 16.7 Å². The number of nitrogens with zero attached hydrogens (tertiary/aromatic N) is 1. The van der Waals surface area contributed by atoms with Gasteiger partial charge in [-0.25, -0.2) is 9.69 Å². The zero-order chi connectivity index (χ0) is 22.6. The van der Waals surface area contributed by atoms with Crippen molar-refractivity contribution in [1.82, 2.24) is 4.90 Å². The zero-order valence-electron chi connectivity index (χ0n) is 18.8. The molecule has 0 bridgehead atoms. The second-order valence-corrected chi connectivity index (χ2v) is 8.79. The van der Waals surface area contributed by atoms with Gasteiger partial charge in [0, 0.05) is 20.3 Å². The number of imide groups is 1. The van der Waals surface area contributed by atoms with Gasteiger partial charge in [-0.2, -0.15) is 0 Å². The first kappa shape index (κ1) is 23.0. The topological polar surface area (TPSA) is 65.1 Å². The third-order valence-corrected chi connectivity index (χ3v) is 5.36. The largest absolute Gasteiger partial charge is 0.443 e. The number of benzene rings is 2. The lowest BCUT2D eigenvalue weighted by atomic mass is 9.97. The fraction of sp³-hybridized carbons (Fsp3) is 0.440. The van der Waals surface area contributed by atoms with Crippen LogP contribution in [-0.2, 0) is 25.4 Å². The molecule has 2 atom stereocenters. The lowest BCUT2D eigenvalue weighted by Gasteiger charge is -2.27. The minimum Gasteiger partial charge on any atom is -0.443 e. The van der Waals surface area contributed by atoms with Crippen LogP contribution in [0.2, 0.25) is 0 Å². The molecule has 166 valence electrons. The van der Waals surface area contributed by atoms with Gasteiger partial charge >= 0.3 is 6.09 Å². The van der Waals surface area contributed by atoms with Crippen molar-refractivity contribution in [2.24, 2.45) is 5.92 Å². The first-order valence-electron chi connectivity index (χ1n) is 10.5. The minimum absolute atomic E-state index is 0.325. The van der Waals surface area contributed by atoms with Gasteiger partial charge in [0.05, 0.1) is 5.92 Å². The van der Waals surface area contributed by atoms with Crippen LogP contribution in [0.3, 0.4) is 0 Å². The highest BCUT2D eigenvalue weighted by atomic mass is 16.7. The van der Waals surface area contributed by atoms with Crippen LogP contribution in [0.15, 0.2) is 54.6 Å². The molecule has 1 fully saturated rings. The highest BCUT2D eigenvalue weighted by Gasteiger charge is 2.48. The maximum absolute atomic E-state index is 13.1. The predicted octanol–water partition coefficient (Wildman–Crippen LogP) is 4.67. The Morgan fingerprint density at radius 3 is 2.13 bits per heavy atom. The highest BCUT2D eigenvalue weighted by molar-refractivity contribution is 5.96. The van der Waals surface area contributed by atoms with Gasteiger partial charge in [0.2, 0.25) is 5.91 Å². The van der Waals surface area contributed by atoms with E-state index >= 15 is 0 Å². The van der Waals surface area contributed by atoms with E-state index in [1.165, 1.54) is 19.1 Å². The molecular formula is C25H31NO5. The second-order valence-electron chi connectivity index (χ2n) is 8.79. The van der Waals surface area contributed by atoms with Gasteiger partial charge in [-0.1, -0.05) is 54.6 Å². The first-order valence-corrected chi connectivity index (χ1v) is 10.5. The van der Waals surface area contributed by atoms with Gasteiger partial charge in [0.1, 0.15) is 5.60 Å². The minimum atomic E-state index is -0.706. The SMILES string of the molecule is COC(OC)[C@@H]1CC(Cc2ccc(-c3ccccc3)cc2)N(C(=O)OC(C)(C)C)C1=O. The van der Waals surface area contributed by atoms with E-state index in [-0.39, 0.29) is 11.9 Å². The summed E-state index contributed by atoms with van der Waals surface area (Å²) in [5.41, 5.74) is 2.60. The Labute approximate surface area is 184 Å². The van der Waals surface area contributed by atoms with E-state index in [1.807, 2.05) is 30.3 Å². The number of carbonyl (C=O) groups is 2. The van der Waals surface area contributed by atoms with Crippen LogP contribution in [0.5, 0.6) is 0 Å². The quantitative estimate of drug-likeness (QED) is 0.630. The van der Waals surface area contributed by atoms with Gasteiger partial charge in [-0.3, -0.25) is 4.79 Å². The highest BCUT2D eigenvalue weighted by Crippen LogP contribution is 2.33. The average molecular weight is 426 g/mol. The Balaban J connectivity index is 1.82. The van der Waals surface area contributed by atoms with Gasteiger partial charge < -0.3 is 14.2 Å². The van der Waals surface area contributed by atoms with Crippen molar-refractivity contribution in [2.45, 2.75) is 51.5 Å². The summed E-state index contributed by atoms with van der Waals surface area (Å²) >= 11 is 0. The number of hydrogen-bond acceptors (Lipinski definition) is 5. The standard InChI is InChI=1S/C25H31NO5/c1-25(2,3)31-24(28)26-20(16-21(22(26)27)23(29-4)30-5)15-17-11-13-19(14-12-17)18-9-7-6-8-10-18/h6-14,20-21,23H,15-16H2,1-5H3/t20?,21-/m1/s1. The van der Waals surface area contributed by atoms with Crippen molar-refractivity contribution in [3.8, 4) is 11.1 Å². The summed E-state index contributed by atoms with van der Waals surface area (Å²) in [6.45, 7) is 5.36. The molecule has 0 radical (unpaired) electrons. The number of ether oxygens (including phenoxy) is 3. The van der Waals surface area contributed by atoms with E-state index < -0.39 is 23.9 Å². The van der Waals surface area contributed by atoms with Crippen molar-refractivity contribution in [3.63, 3.8) is 0 Å². The number of carbonyl (C=O) groups excluding carboxylic acids is 2. The lowest BCUT2D eigenvalue weighted by Crippen LogP contribution is -2.44. The normalized spacial score (nSPS) is 19.2. The van der Waals surface area contributed by atoms with Gasteiger partial charge in [0.15, 0.2) is 6.29 Å². The fourth-order valence-corrected chi connectivity index (χ4v) is 3.97. The number of rotatable bonds is 6. The molecule has 3 rings (SSSR count). The van der Waals surface area contributed by atoms with Crippen LogP contribution in [0.4, 0.5) is 4.79 Å². The van der Waals surface area contributed by atoms with Gasteiger partial charge in [-0.15, -0.1) is 0 Å². The maximum atomic E-state index is 13.1. The molecule has 0 saturated carbocycles. The van der Waals surface area contributed by atoms with E-state index in [2.05, 4.69) is 24.3 Å². The lowest BCUT2D eigenvalue weighted by molar-refractivity contribution is -0.157. The Kier molecular flexibility index (Phi) is 7.13. The smallest absolute Gasteiger partial charge is 0.417 e. The number of amides is 2. The van der Waals surface area contributed by atoms with Crippen molar-refractivity contribution < 1.29 is 23.8 Å². The van der Waals surface area contributed by atoms with E-state index in [1.54, 1.807) is 20.8 Å². The fourth-order valence-electron chi connectivity index (χ4n) is 3.97. The van der Waals surface area contributed by atoms with Crippen LogP contribution in [0.1, 0.15) is 32.8 Å². The van der Waals surface area contributed by atoms with Gasteiger partial charge in [0.25, 0.3) is 0 Å². The molecule has 0 aromatic heterocycles. The molecular weight excluding hydrogens is 394 g/mol. The molecule has 0 N–H and O–H groups in total. The number of methoxy groups -OCH3 is 2. The molecule has 1 aliphatic rings. The monoisotopic (exact) mass is 425 g/mol. The maximum Gasteiger partial charge on any atom is 0.417 e. The van der Waals surface area contributed by atoms with Crippen molar-refractivity contribution in [2.75, 3.05) is 14.2 Å².